The quantitative estimate of drug-likeness (QED) is 0.320. The van der Waals surface area contributed by atoms with Gasteiger partial charge in [0.05, 0.1) is 6.42 Å². The molecule has 0 aromatic heterocycles. The molecule has 1 unspecified atom stereocenters. The van der Waals surface area contributed by atoms with Crippen LogP contribution in [0.4, 0.5) is 0 Å². The van der Waals surface area contributed by atoms with Crippen molar-refractivity contribution >= 4 is 21.4 Å². The Balaban J connectivity index is 4.61. The summed E-state index contributed by atoms with van der Waals surface area (Å²) in [6.07, 6.45) is 1.82. The summed E-state index contributed by atoms with van der Waals surface area (Å²) < 4.78 is 11.1. The molecule has 0 aromatic rings. The molecule has 5 N–H and O–H groups in total. The van der Waals surface area contributed by atoms with E-state index in [-0.39, 0.29) is 0 Å². The number of carbonyl (C=O) groups excluding carboxylic acids is 1. The van der Waals surface area contributed by atoms with Crippen LogP contribution in [0, 0.1) is 0 Å². The summed E-state index contributed by atoms with van der Waals surface area (Å²) >= 11 is 0. The molecule has 0 heterocycles. The van der Waals surface area contributed by atoms with Crippen molar-refractivity contribution in [3.63, 3.8) is 0 Å². The van der Waals surface area contributed by atoms with E-state index in [4.69, 9.17) is 24.5 Å². The molecule has 0 aliphatic rings. The second-order valence-corrected chi connectivity index (χ2v) is 8.47. The summed E-state index contributed by atoms with van der Waals surface area (Å²) in [7, 11) is -8.29. The van der Waals surface area contributed by atoms with Gasteiger partial charge in [-0.15, -0.1) is 0 Å². The van der Waals surface area contributed by atoms with E-state index >= 15 is 0 Å². The lowest BCUT2D eigenvalue weighted by Crippen LogP contribution is -2.31. The highest BCUT2D eigenvalue weighted by Gasteiger charge is 2.55. The van der Waals surface area contributed by atoms with Crippen molar-refractivity contribution in [2.75, 3.05) is 13.6 Å². The third-order valence-electron chi connectivity index (χ3n) is 2.67. The highest BCUT2D eigenvalue weighted by molar-refractivity contribution is 7.74. The Morgan fingerprint density at radius 2 is 1.79 bits per heavy atom. The molecular formula is C9H22NO7P2+. The lowest BCUT2D eigenvalue weighted by atomic mass is 10.2. The molecule has 10 heteroatoms. The molecular weight excluding hydrogens is 296 g/mol. The highest BCUT2D eigenvalue weighted by Crippen LogP contribution is 2.66. The molecule has 19 heavy (non-hydrogen) atoms. The van der Waals surface area contributed by atoms with Crippen LogP contribution in [0.25, 0.3) is 0 Å². The number of hydrogen-bond donors (Lipinski definition) is 5. The number of carbonyl (C=O) groups is 1. The Hall–Kier alpha value is -0.0700. The molecule has 0 aromatic carbocycles. The molecule has 0 radical (unpaired) electrons. The van der Waals surface area contributed by atoms with Crippen molar-refractivity contribution in [2.24, 2.45) is 0 Å². The van der Waals surface area contributed by atoms with E-state index in [9.17, 15) is 9.36 Å². The molecule has 0 spiro atoms. The molecule has 0 aliphatic heterocycles. The van der Waals surface area contributed by atoms with Crippen molar-refractivity contribution in [1.29, 1.82) is 0 Å². The Bertz CT molecular complexity index is 338. The van der Waals surface area contributed by atoms with Crippen molar-refractivity contribution in [1.82, 2.24) is 4.90 Å². The van der Waals surface area contributed by atoms with Crippen molar-refractivity contribution in [3.05, 3.63) is 0 Å². The first-order valence-corrected chi connectivity index (χ1v) is 9.26. The van der Waals surface area contributed by atoms with Gasteiger partial charge in [0.15, 0.2) is 0 Å². The van der Waals surface area contributed by atoms with Gasteiger partial charge in [-0.25, -0.2) is 0 Å². The fourth-order valence-corrected chi connectivity index (χ4v) is 3.89. The molecule has 0 saturated carbocycles. The molecule has 8 nitrogen and oxygen atoms in total. The summed E-state index contributed by atoms with van der Waals surface area (Å²) in [5.41, 5.74) is 0. The minimum atomic E-state index is -4.97. The first kappa shape index (κ1) is 18.9. The molecule has 114 valence electrons. The van der Waals surface area contributed by atoms with Crippen LogP contribution < -0.4 is 0 Å². The summed E-state index contributed by atoms with van der Waals surface area (Å²) in [4.78, 5) is 57.9. The molecule has 0 aliphatic carbocycles. The third-order valence-corrected chi connectivity index (χ3v) is 6.44. The molecule has 0 rings (SSSR count). The van der Waals surface area contributed by atoms with Gasteiger partial charge in [0, 0.05) is 13.6 Å². The first-order chi connectivity index (χ1) is 8.50. The summed E-state index contributed by atoms with van der Waals surface area (Å²) in [5, 5.41) is -2.15. The van der Waals surface area contributed by atoms with Crippen LogP contribution in [0.5, 0.6) is 0 Å². The zero-order chi connectivity index (χ0) is 15.3. The second-order valence-electron chi connectivity index (χ2n) is 4.41. The summed E-state index contributed by atoms with van der Waals surface area (Å²) in [6.45, 7) is 2.40. The van der Waals surface area contributed by atoms with Crippen LogP contribution >= 0.6 is 15.5 Å². The van der Waals surface area contributed by atoms with Gasteiger partial charge in [0.25, 0.3) is 5.40 Å². The SMILES string of the molecule is CCCCCN(C)C(=O)CC(P(=O)(O)O)[P+](O)(O)O. The van der Waals surface area contributed by atoms with Gasteiger partial charge in [0.1, 0.15) is 0 Å². The Labute approximate surface area is 112 Å². The number of nitrogens with zero attached hydrogens (tertiary/aromatic N) is 1. The lowest BCUT2D eigenvalue weighted by molar-refractivity contribution is -0.129. The second kappa shape index (κ2) is 7.64. The van der Waals surface area contributed by atoms with Crippen LogP contribution in [0.15, 0.2) is 0 Å². The fourth-order valence-electron chi connectivity index (χ4n) is 1.48. The Morgan fingerprint density at radius 1 is 1.26 bits per heavy atom. The van der Waals surface area contributed by atoms with Gasteiger partial charge in [-0.2, -0.15) is 14.7 Å². The smallest absolute Gasteiger partial charge is 0.346 e. The maximum Gasteiger partial charge on any atom is 0.420 e. The monoisotopic (exact) mass is 318 g/mol. The number of amides is 1. The van der Waals surface area contributed by atoms with Gasteiger partial charge in [-0.1, -0.05) is 19.8 Å². The number of rotatable bonds is 8. The van der Waals surface area contributed by atoms with Gasteiger partial charge < -0.3 is 14.7 Å². The van der Waals surface area contributed by atoms with Crippen molar-refractivity contribution in [3.8, 4) is 0 Å². The average Bonchev–Trinajstić information content (AvgIpc) is 2.22. The summed E-state index contributed by atoms with van der Waals surface area (Å²) in [6, 6.07) is 0. The van der Waals surface area contributed by atoms with E-state index in [2.05, 4.69) is 0 Å². The van der Waals surface area contributed by atoms with E-state index in [1.165, 1.54) is 11.9 Å². The third kappa shape index (κ3) is 7.32. The Morgan fingerprint density at radius 3 is 2.16 bits per heavy atom. The highest BCUT2D eigenvalue weighted by atomic mass is 31.3. The Kier molecular flexibility index (Phi) is 7.62. The van der Waals surface area contributed by atoms with Crippen LogP contribution in [-0.4, -0.2) is 54.3 Å². The van der Waals surface area contributed by atoms with Crippen LogP contribution in [-0.2, 0) is 9.36 Å². The minimum absolute atomic E-state index is 0.411. The van der Waals surface area contributed by atoms with E-state index < -0.39 is 33.3 Å². The largest absolute Gasteiger partial charge is 0.420 e. The molecule has 0 saturated heterocycles. The molecule has 1 amide bonds. The molecule has 0 bridgehead atoms. The average molecular weight is 318 g/mol. The van der Waals surface area contributed by atoms with Crippen LogP contribution in [0.1, 0.15) is 32.6 Å². The van der Waals surface area contributed by atoms with Crippen molar-refractivity contribution in [2.45, 2.75) is 38.0 Å². The topological polar surface area (TPSA) is 139 Å². The van der Waals surface area contributed by atoms with Crippen molar-refractivity contribution < 1.29 is 33.8 Å². The normalized spacial score (nSPS) is 14.3. The first-order valence-electron chi connectivity index (χ1n) is 5.86. The predicted octanol–water partition coefficient (Wildman–Crippen LogP) is 0.268. The molecule has 0 fully saturated rings. The van der Waals surface area contributed by atoms with Crippen LogP contribution in [0.3, 0.4) is 0 Å². The number of unbranched alkanes of at least 4 members (excludes halogenated alkanes) is 2. The summed E-state index contributed by atoms with van der Waals surface area (Å²) in [5.74, 6) is -0.647. The zero-order valence-electron chi connectivity index (χ0n) is 11.0. The molecule has 1 atom stereocenters. The minimum Gasteiger partial charge on any atom is -0.346 e. The van der Waals surface area contributed by atoms with E-state index in [0.717, 1.165) is 19.3 Å². The van der Waals surface area contributed by atoms with E-state index in [1.54, 1.807) is 0 Å². The maximum atomic E-state index is 11.7. The zero-order valence-corrected chi connectivity index (χ0v) is 12.8. The van der Waals surface area contributed by atoms with Gasteiger partial charge in [-0.05, 0) is 6.42 Å². The van der Waals surface area contributed by atoms with E-state index in [0.29, 0.717) is 6.54 Å². The van der Waals surface area contributed by atoms with Gasteiger partial charge in [0.2, 0.25) is 5.91 Å². The van der Waals surface area contributed by atoms with Crippen LogP contribution in [0.2, 0.25) is 0 Å². The fraction of sp³-hybridized carbons (Fsp3) is 0.889. The standard InChI is InChI=1S/C9H21NO7P2/c1-3-4-5-6-10(2)8(11)7-9(18(12,13)14)19(15,16)17/h9,12-14H,3-7H2,1-2H3,(H-,15,16,17)/p+1. The lowest BCUT2D eigenvalue weighted by Gasteiger charge is -2.21. The predicted molar refractivity (Wildman–Crippen MR) is 71.2 cm³/mol. The van der Waals surface area contributed by atoms with Gasteiger partial charge in [-0.3, -0.25) is 9.36 Å². The number of hydrogen-bond acceptors (Lipinski definition) is 5. The van der Waals surface area contributed by atoms with E-state index in [1.807, 2.05) is 6.92 Å². The maximum absolute atomic E-state index is 11.7. The van der Waals surface area contributed by atoms with Gasteiger partial charge >= 0.3 is 15.5 Å².